The average molecular weight is 277 g/mol. The largest absolute Gasteiger partial charge is 0.444 e. The first-order valence-corrected chi connectivity index (χ1v) is 8.18. The fourth-order valence-electron chi connectivity index (χ4n) is 3.54. The first-order chi connectivity index (χ1) is 9.76. The van der Waals surface area contributed by atoms with Gasteiger partial charge >= 0.3 is 0 Å². The molecule has 2 fully saturated rings. The number of rotatable bonds is 4. The third-order valence-corrected chi connectivity index (χ3v) is 4.82. The highest BCUT2D eigenvalue weighted by Gasteiger charge is 2.27. The predicted molar refractivity (Wildman–Crippen MR) is 79.7 cm³/mol. The maximum Gasteiger partial charge on any atom is 0.194 e. The SMILES string of the molecule is CCc1nc(C)c(CN2CCC(N3CCCC3)CC2)o1. The zero-order chi connectivity index (χ0) is 13.9. The molecule has 2 saturated heterocycles. The molecule has 0 atom stereocenters. The van der Waals surface area contributed by atoms with Crippen molar-refractivity contribution in [3.05, 3.63) is 17.3 Å². The first kappa shape index (κ1) is 14.1. The Kier molecular flexibility index (Phi) is 4.41. The summed E-state index contributed by atoms with van der Waals surface area (Å²) in [4.78, 5) is 9.70. The van der Waals surface area contributed by atoms with Crippen molar-refractivity contribution in [1.29, 1.82) is 0 Å². The van der Waals surface area contributed by atoms with E-state index in [0.29, 0.717) is 0 Å². The number of nitrogens with zero attached hydrogens (tertiary/aromatic N) is 3. The van der Waals surface area contributed by atoms with Crippen molar-refractivity contribution in [1.82, 2.24) is 14.8 Å². The van der Waals surface area contributed by atoms with E-state index in [1.807, 2.05) is 0 Å². The van der Waals surface area contributed by atoms with Crippen LogP contribution in [0.15, 0.2) is 4.42 Å². The Morgan fingerprint density at radius 3 is 2.45 bits per heavy atom. The highest BCUT2D eigenvalue weighted by molar-refractivity contribution is 5.08. The summed E-state index contributed by atoms with van der Waals surface area (Å²) in [7, 11) is 0. The zero-order valence-electron chi connectivity index (χ0n) is 12.9. The Bertz CT molecular complexity index is 429. The van der Waals surface area contributed by atoms with Crippen LogP contribution in [-0.2, 0) is 13.0 Å². The molecule has 3 rings (SSSR count). The van der Waals surface area contributed by atoms with Gasteiger partial charge in [-0.2, -0.15) is 0 Å². The van der Waals surface area contributed by atoms with Gasteiger partial charge < -0.3 is 9.32 Å². The van der Waals surface area contributed by atoms with Gasteiger partial charge in [-0.3, -0.25) is 4.90 Å². The van der Waals surface area contributed by atoms with E-state index in [-0.39, 0.29) is 0 Å². The van der Waals surface area contributed by atoms with Gasteiger partial charge in [0.25, 0.3) is 0 Å². The van der Waals surface area contributed by atoms with Gasteiger partial charge in [0.15, 0.2) is 5.89 Å². The van der Waals surface area contributed by atoms with E-state index < -0.39 is 0 Å². The van der Waals surface area contributed by atoms with Crippen LogP contribution in [0.5, 0.6) is 0 Å². The maximum absolute atomic E-state index is 5.83. The summed E-state index contributed by atoms with van der Waals surface area (Å²) in [6, 6.07) is 0.829. The van der Waals surface area contributed by atoms with Crippen molar-refractivity contribution in [2.75, 3.05) is 26.2 Å². The van der Waals surface area contributed by atoms with Crippen LogP contribution in [0.25, 0.3) is 0 Å². The number of oxazole rings is 1. The van der Waals surface area contributed by atoms with Gasteiger partial charge in [0.2, 0.25) is 0 Å². The van der Waals surface area contributed by atoms with Gasteiger partial charge in [-0.1, -0.05) is 6.92 Å². The molecule has 0 aliphatic carbocycles. The minimum Gasteiger partial charge on any atom is -0.444 e. The molecular weight excluding hydrogens is 250 g/mol. The van der Waals surface area contributed by atoms with Gasteiger partial charge in [-0.25, -0.2) is 4.98 Å². The van der Waals surface area contributed by atoms with Gasteiger partial charge in [0, 0.05) is 25.6 Å². The van der Waals surface area contributed by atoms with Crippen molar-refractivity contribution < 1.29 is 4.42 Å². The van der Waals surface area contributed by atoms with E-state index in [0.717, 1.165) is 36.4 Å². The molecular formula is C16H27N3O. The van der Waals surface area contributed by atoms with Gasteiger partial charge in [0.05, 0.1) is 12.2 Å². The van der Waals surface area contributed by atoms with Crippen LogP contribution < -0.4 is 0 Å². The summed E-state index contributed by atoms with van der Waals surface area (Å²) in [5, 5.41) is 0. The molecule has 20 heavy (non-hydrogen) atoms. The van der Waals surface area contributed by atoms with Crippen molar-refractivity contribution in [2.45, 2.75) is 58.5 Å². The Morgan fingerprint density at radius 2 is 1.85 bits per heavy atom. The number of piperidine rings is 1. The number of hydrogen-bond donors (Lipinski definition) is 0. The van der Waals surface area contributed by atoms with E-state index in [1.165, 1.54) is 51.9 Å². The highest BCUT2D eigenvalue weighted by Crippen LogP contribution is 2.23. The molecule has 0 radical (unpaired) electrons. The molecule has 0 unspecified atom stereocenters. The molecule has 0 N–H and O–H groups in total. The van der Waals surface area contributed by atoms with Crippen LogP contribution in [0.3, 0.4) is 0 Å². The molecule has 4 nitrogen and oxygen atoms in total. The Balaban J connectivity index is 1.51. The van der Waals surface area contributed by atoms with Gasteiger partial charge in [0.1, 0.15) is 5.76 Å². The average Bonchev–Trinajstić information content (AvgIpc) is 3.10. The van der Waals surface area contributed by atoms with Crippen LogP contribution >= 0.6 is 0 Å². The maximum atomic E-state index is 5.83. The standard InChI is InChI=1S/C16H27N3O/c1-3-16-17-13(2)15(20-16)12-18-10-6-14(7-11-18)19-8-4-5-9-19/h14H,3-12H2,1-2H3. The van der Waals surface area contributed by atoms with Crippen molar-refractivity contribution in [3.63, 3.8) is 0 Å². The summed E-state index contributed by atoms with van der Waals surface area (Å²) >= 11 is 0. The number of aromatic nitrogens is 1. The lowest BCUT2D eigenvalue weighted by Gasteiger charge is -2.36. The first-order valence-electron chi connectivity index (χ1n) is 8.18. The lowest BCUT2D eigenvalue weighted by molar-refractivity contribution is 0.117. The van der Waals surface area contributed by atoms with Crippen LogP contribution in [0.2, 0.25) is 0 Å². The second-order valence-electron chi connectivity index (χ2n) is 6.22. The highest BCUT2D eigenvalue weighted by atomic mass is 16.4. The Hall–Kier alpha value is -0.870. The molecule has 1 aromatic rings. The summed E-state index contributed by atoms with van der Waals surface area (Å²) in [5.74, 6) is 1.95. The molecule has 1 aromatic heterocycles. The minimum absolute atomic E-state index is 0.829. The summed E-state index contributed by atoms with van der Waals surface area (Å²) in [6.45, 7) is 10.1. The lowest BCUT2D eigenvalue weighted by atomic mass is 10.0. The third-order valence-electron chi connectivity index (χ3n) is 4.82. The predicted octanol–water partition coefficient (Wildman–Crippen LogP) is 2.61. The molecule has 2 aliphatic rings. The van der Waals surface area contributed by atoms with Crippen molar-refractivity contribution in [3.8, 4) is 0 Å². The topological polar surface area (TPSA) is 32.5 Å². The summed E-state index contributed by atoms with van der Waals surface area (Å²) in [5.41, 5.74) is 1.07. The fraction of sp³-hybridized carbons (Fsp3) is 0.812. The molecule has 4 heteroatoms. The second kappa shape index (κ2) is 6.27. The smallest absolute Gasteiger partial charge is 0.194 e. The van der Waals surface area contributed by atoms with Crippen LogP contribution in [0.4, 0.5) is 0 Å². The summed E-state index contributed by atoms with van der Waals surface area (Å²) in [6.07, 6.45) is 6.31. The monoisotopic (exact) mass is 277 g/mol. The van der Waals surface area contributed by atoms with Crippen molar-refractivity contribution >= 4 is 0 Å². The van der Waals surface area contributed by atoms with Crippen LogP contribution in [-0.4, -0.2) is 47.0 Å². The summed E-state index contributed by atoms with van der Waals surface area (Å²) < 4.78 is 5.83. The molecule has 0 amide bonds. The second-order valence-corrected chi connectivity index (χ2v) is 6.22. The Morgan fingerprint density at radius 1 is 1.15 bits per heavy atom. The van der Waals surface area contributed by atoms with Gasteiger partial charge in [-0.05, 0) is 45.7 Å². The molecule has 0 saturated carbocycles. The van der Waals surface area contributed by atoms with E-state index in [1.54, 1.807) is 0 Å². The third kappa shape index (κ3) is 3.07. The van der Waals surface area contributed by atoms with Crippen molar-refractivity contribution in [2.24, 2.45) is 0 Å². The molecule has 0 aromatic carbocycles. The number of likely N-dealkylation sites (tertiary alicyclic amines) is 2. The fourth-order valence-corrected chi connectivity index (χ4v) is 3.54. The normalized spacial score (nSPS) is 22.7. The van der Waals surface area contributed by atoms with Crippen LogP contribution in [0.1, 0.15) is 50.0 Å². The molecule has 0 bridgehead atoms. The zero-order valence-corrected chi connectivity index (χ0v) is 12.9. The molecule has 3 heterocycles. The van der Waals surface area contributed by atoms with E-state index >= 15 is 0 Å². The van der Waals surface area contributed by atoms with Crippen LogP contribution in [0, 0.1) is 6.92 Å². The Labute approximate surface area is 122 Å². The quantitative estimate of drug-likeness (QED) is 0.847. The lowest BCUT2D eigenvalue weighted by Crippen LogP contribution is -2.43. The van der Waals surface area contributed by atoms with E-state index in [9.17, 15) is 0 Å². The molecule has 0 spiro atoms. The van der Waals surface area contributed by atoms with E-state index in [4.69, 9.17) is 4.42 Å². The van der Waals surface area contributed by atoms with Gasteiger partial charge in [-0.15, -0.1) is 0 Å². The molecule has 112 valence electrons. The number of aryl methyl sites for hydroxylation is 2. The number of hydrogen-bond acceptors (Lipinski definition) is 4. The minimum atomic E-state index is 0.829. The van der Waals surface area contributed by atoms with E-state index in [2.05, 4.69) is 28.6 Å². The molecule has 2 aliphatic heterocycles.